The topological polar surface area (TPSA) is 193 Å². The van der Waals surface area contributed by atoms with E-state index in [0.29, 0.717) is 58.6 Å². The van der Waals surface area contributed by atoms with Gasteiger partial charge in [0.2, 0.25) is 11.2 Å². The van der Waals surface area contributed by atoms with Gasteiger partial charge in [0.15, 0.2) is 22.8 Å². The molecule has 2 aliphatic rings. The van der Waals surface area contributed by atoms with Crippen molar-refractivity contribution < 1.29 is 19.0 Å². The maximum absolute atomic E-state index is 9.53. The maximum atomic E-state index is 9.53. The van der Waals surface area contributed by atoms with Crippen LogP contribution >= 0.6 is 11.6 Å². The molecule has 2 aliphatic heterocycles. The zero-order chi connectivity index (χ0) is 32.8. The van der Waals surface area contributed by atoms with Gasteiger partial charge in [0, 0.05) is 51.2 Å². The summed E-state index contributed by atoms with van der Waals surface area (Å²) in [6, 6.07) is 4.02. The molecule has 47 heavy (non-hydrogen) atoms. The number of aryl methyl sites for hydroxylation is 2. The van der Waals surface area contributed by atoms with E-state index in [0.717, 1.165) is 37.9 Å². The first-order valence-corrected chi connectivity index (χ1v) is 15.7. The summed E-state index contributed by atoms with van der Waals surface area (Å²) in [6.45, 7) is 2.35. The van der Waals surface area contributed by atoms with Crippen LogP contribution in [0, 0.1) is 0 Å². The average molecular weight is 665 g/mol. The van der Waals surface area contributed by atoms with Gasteiger partial charge >= 0.3 is 0 Å². The highest BCUT2D eigenvalue weighted by atomic mass is 35.5. The normalized spacial score (nSPS) is 17.4. The molecule has 0 unspecified atom stereocenters. The zero-order valence-corrected chi connectivity index (χ0v) is 26.8. The molecule has 0 saturated carbocycles. The number of hydrogen-bond donors (Lipinski definition) is 5. The molecule has 2 atom stereocenters. The summed E-state index contributed by atoms with van der Waals surface area (Å²) in [5.74, 6) is 3.05. The molecular formula is C30H37ClN12O4. The minimum atomic E-state index is 0.0713. The van der Waals surface area contributed by atoms with Crippen LogP contribution < -0.4 is 20.9 Å². The molecule has 0 aromatic carbocycles. The minimum Gasteiger partial charge on any atom is -0.459 e. The van der Waals surface area contributed by atoms with Gasteiger partial charge in [0.1, 0.15) is 22.7 Å². The Hall–Kier alpha value is -4.77. The number of fused-ring (bicyclic) bond motifs is 2. The number of hydrogen-bond acceptors (Lipinski definition) is 14. The Morgan fingerprint density at radius 1 is 0.851 bits per heavy atom. The molecule has 5 N–H and O–H groups in total. The summed E-state index contributed by atoms with van der Waals surface area (Å²) in [5, 5.41) is 27.6. The van der Waals surface area contributed by atoms with E-state index in [4.69, 9.17) is 25.5 Å². The van der Waals surface area contributed by atoms with Crippen molar-refractivity contribution in [1.29, 1.82) is 0 Å². The molecule has 17 heteroatoms. The van der Waals surface area contributed by atoms with Gasteiger partial charge in [0.05, 0.1) is 44.4 Å². The second-order valence-corrected chi connectivity index (χ2v) is 11.6. The van der Waals surface area contributed by atoms with E-state index < -0.39 is 0 Å². The van der Waals surface area contributed by atoms with E-state index >= 15 is 0 Å². The van der Waals surface area contributed by atoms with E-state index in [1.165, 1.54) is 6.42 Å². The third-order valence-electron chi connectivity index (χ3n) is 7.70. The Bertz CT molecular complexity index is 1900. The molecule has 8 heterocycles. The lowest BCUT2D eigenvalue weighted by atomic mass is 10.2. The molecule has 0 aliphatic carbocycles. The Morgan fingerprint density at radius 3 is 2.02 bits per heavy atom. The number of rotatable bonds is 7. The molecule has 16 nitrogen and oxygen atoms in total. The fourth-order valence-electron chi connectivity index (χ4n) is 5.38. The van der Waals surface area contributed by atoms with Crippen molar-refractivity contribution in [3.63, 3.8) is 0 Å². The molecule has 0 spiro atoms. The number of halogens is 1. The number of imidazole rings is 2. The lowest BCUT2D eigenvalue weighted by Crippen LogP contribution is -2.33. The van der Waals surface area contributed by atoms with Crippen LogP contribution in [0.25, 0.3) is 22.2 Å². The third-order valence-corrected chi connectivity index (χ3v) is 7.87. The van der Waals surface area contributed by atoms with Crippen LogP contribution in [0.4, 0.5) is 29.2 Å². The van der Waals surface area contributed by atoms with Gasteiger partial charge in [0.25, 0.3) is 0 Å². The molecule has 2 saturated heterocycles. The first-order valence-electron chi connectivity index (χ1n) is 15.3. The molecule has 248 valence electrons. The number of anilines is 5. The summed E-state index contributed by atoms with van der Waals surface area (Å²) >= 11 is 5.82. The Labute approximate surface area is 274 Å². The molecular weight excluding hydrogens is 628 g/mol. The molecule has 6 aromatic heterocycles. The van der Waals surface area contributed by atoms with Crippen LogP contribution in [0.5, 0.6) is 0 Å². The standard InChI is InChI=1S/C15H18N6O2.C10H8ClN5O.C5H11NO/c1-20-7-12(16-9-20)18-14-13-11(4-6-23-13)17-15(19-14)21-5-2-3-10(21)8-22;1-16-4-7(12-5-16)14-9-8-6(2-3-17-8)13-10(11)15-9;7-4-5-2-1-3-6-5/h4,6-7,9-10,22H,2-3,5,8H2,1H3,(H,17,18,19);2-5H,1H3,(H,13,14,15);5-7H,1-4H2/t10-;;5-/m0.0/s1. The number of aliphatic hydroxyl groups excluding tert-OH is 2. The van der Waals surface area contributed by atoms with Crippen LogP contribution in [0.2, 0.25) is 5.28 Å². The Kier molecular flexibility index (Phi) is 10.1. The van der Waals surface area contributed by atoms with Crippen molar-refractivity contribution in [2.45, 2.75) is 37.8 Å². The Morgan fingerprint density at radius 2 is 1.49 bits per heavy atom. The van der Waals surface area contributed by atoms with E-state index in [9.17, 15) is 5.11 Å². The summed E-state index contributed by atoms with van der Waals surface area (Å²) in [4.78, 5) is 27.7. The first kappa shape index (κ1) is 32.2. The van der Waals surface area contributed by atoms with Crippen molar-refractivity contribution >= 4 is 63.0 Å². The fourth-order valence-corrected chi connectivity index (χ4v) is 5.56. The monoisotopic (exact) mass is 664 g/mol. The summed E-state index contributed by atoms with van der Waals surface area (Å²) < 4.78 is 14.5. The summed E-state index contributed by atoms with van der Waals surface area (Å²) in [6.07, 6.45) is 14.6. The lowest BCUT2D eigenvalue weighted by Gasteiger charge is -2.23. The smallest absolute Gasteiger partial charge is 0.228 e. The predicted octanol–water partition coefficient (Wildman–Crippen LogP) is 3.75. The van der Waals surface area contributed by atoms with Gasteiger partial charge in [-0.25, -0.2) is 19.9 Å². The molecule has 8 rings (SSSR count). The highest BCUT2D eigenvalue weighted by molar-refractivity contribution is 6.28. The SMILES string of the molecule is Cn1cnc(Nc2nc(Cl)nc3ccoc23)c1.Cn1cnc(Nc2nc(N3CCC[C@H]3CO)nc3ccoc23)c1.OC[C@@H]1CCCN1. The van der Waals surface area contributed by atoms with E-state index in [1.54, 1.807) is 31.2 Å². The second-order valence-electron chi connectivity index (χ2n) is 11.2. The molecule has 2 fully saturated rings. The minimum absolute atomic E-state index is 0.0713. The Balaban J connectivity index is 0.000000141. The van der Waals surface area contributed by atoms with E-state index in [1.807, 2.05) is 41.7 Å². The van der Waals surface area contributed by atoms with Gasteiger partial charge in [-0.1, -0.05) is 0 Å². The van der Waals surface area contributed by atoms with Crippen molar-refractivity contribution in [1.82, 2.24) is 44.4 Å². The van der Waals surface area contributed by atoms with Crippen molar-refractivity contribution in [3.05, 3.63) is 55.0 Å². The number of aliphatic hydroxyl groups is 2. The summed E-state index contributed by atoms with van der Waals surface area (Å²) in [5.41, 5.74) is 2.54. The van der Waals surface area contributed by atoms with Crippen LogP contribution in [-0.2, 0) is 14.1 Å². The predicted molar refractivity (Wildman–Crippen MR) is 177 cm³/mol. The quantitative estimate of drug-likeness (QED) is 0.155. The molecule has 0 radical (unpaired) electrons. The van der Waals surface area contributed by atoms with Gasteiger partial charge in [-0.2, -0.15) is 9.97 Å². The highest BCUT2D eigenvalue weighted by Crippen LogP contribution is 2.30. The van der Waals surface area contributed by atoms with Gasteiger partial charge in [-0.15, -0.1) is 0 Å². The number of aromatic nitrogens is 8. The molecule has 0 amide bonds. The number of furan rings is 2. The van der Waals surface area contributed by atoms with Crippen LogP contribution in [0.15, 0.2) is 58.5 Å². The van der Waals surface area contributed by atoms with Crippen molar-refractivity contribution in [2.75, 3.05) is 41.8 Å². The molecule has 6 aromatic rings. The summed E-state index contributed by atoms with van der Waals surface area (Å²) in [7, 11) is 3.79. The van der Waals surface area contributed by atoms with Crippen LogP contribution in [-0.4, -0.2) is 87.6 Å². The zero-order valence-electron chi connectivity index (χ0n) is 26.0. The molecule has 0 bridgehead atoms. The van der Waals surface area contributed by atoms with E-state index in [-0.39, 0.29) is 17.9 Å². The number of nitrogens with zero attached hydrogens (tertiary/aromatic N) is 9. The third kappa shape index (κ3) is 7.79. The maximum Gasteiger partial charge on any atom is 0.228 e. The average Bonchev–Trinajstić information content (AvgIpc) is 3.91. The van der Waals surface area contributed by atoms with Gasteiger partial charge in [-0.05, 0) is 43.8 Å². The fraction of sp³-hybridized carbons (Fsp3) is 0.400. The first-order chi connectivity index (χ1) is 22.9. The van der Waals surface area contributed by atoms with Crippen molar-refractivity contribution in [2.24, 2.45) is 14.1 Å². The van der Waals surface area contributed by atoms with Crippen LogP contribution in [0.1, 0.15) is 25.7 Å². The van der Waals surface area contributed by atoms with Crippen LogP contribution in [0.3, 0.4) is 0 Å². The van der Waals surface area contributed by atoms with Gasteiger partial charge < -0.3 is 49.0 Å². The lowest BCUT2D eigenvalue weighted by molar-refractivity contribution is 0.255. The van der Waals surface area contributed by atoms with Gasteiger partial charge in [-0.3, -0.25) is 0 Å². The largest absolute Gasteiger partial charge is 0.459 e. The number of nitrogens with one attached hydrogen (secondary N) is 3. The second kappa shape index (κ2) is 14.8. The van der Waals surface area contributed by atoms with Crippen molar-refractivity contribution in [3.8, 4) is 0 Å². The highest BCUT2D eigenvalue weighted by Gasteiger charge is 2.27. The van der Waals surface area contributed by atoms with E-state index in [2.05, 4.69) is 50.8 Å².